The van der Waals surface area contributed by atoms with Crippen LogP contribution in [0.25, 0.3) is 4.72 Å². The van der Waals surface area contributed by atoms with E-state index in [0.29, 0.717) is 5.69 Å². The highest BCUT2D eigenvalue weighted by Crippen LogP contribution is 2.27. The molecule has 0 fully saturated rings. The van der Waals surface area contributed by atoms with Crippen molar-refractivity contribution in [3.8, 4) is 0 Å². The monoisotopic (exact) mass is 449 g/mol. The topological polar surface area (TPSA) is 128 Å². The molecule has 9 nitrogen and oxygen atoms in total. The SMILES string of the molecule is CC(C(=O)Nc1ccc(S(=O)(=O)[N-]c2ccccn2)cc1)N1C(=O)c2ccccc2C1=O. The molecule has 4 rings (SSSR count). The minimum absolute atomic E-state index is 0.0552. The molecular formula is C22H17N4O5S-. The summed E-state index contributed by atoms with van der Waals surface area (Å²) in [6.07, 6.45) is 1.43. The molecule has 162 valence electrons. The number of pyridine rings is 1. The second-order valence-electron chi connectivity index (χ2n) is 6.97. The molecule has 2 heterocycles. The first-order valence-electron chi connectivity index (χ1n) is 9.55. The van der Waals surface area contributed by atoms with E-state index in [1.165, 1.54) is 55.6 Å². The Hall–Kier alpha value is -4.05. The number of imide groups is 1. The summed E-state index contributed by atoms with van der Waals surface area (Å²) in [6.45, 7) is 1.45. The highest BCUT2D eigenvalue weighted by Gasteiger charge is 2.40. The van der Waals surface area contributed by atoms with Crippen LogP contribution in [0.2, 0.25) is 0 Å². The van der Waals surface area contributed by atoms with Gasteiger partial charge in [-0.2, -0.15) is 0 Å². The van der Waals surface area contributed by atoms with Crippen molar-refractivity contribution in [3.05, 3.63) is 88.8 Å². The number of amides is 3. The maximum absolute atomic E-state index is 12.7. The van der Waals surface area contributed by atoms with Gasteiger partial charge in [-0.15, -0.1) is 0 Å². The third-order valence-electron chi connectivity index (χ3n) is 4.87. The number of aromatic nitrogens is 1. The lowest BCUT2D eigenvalue weighted by atomic mass is 10.1. The Morgan fingerprint density at radius 3 is 2.09 bits per heavy atom. The number of fused-ring (bicyclic) bond motifs is 1. The van der Waals surface area contributed by atoms with E-state index in [-0.39, 0.29) is 21.8 Å². The van der Waals surface area contributed by atoms with E-state index in [2.05, 4.69) is 15.0 Å². The summed E-state index contributed by atoms with van der Waals surface area (Å²) in [5, 5.41) is 2.59. The van der Waals surface area contributed by atoms with Gasteiger partial charge in [-0.3, -0.25) is 19.3 Å². The maximum Gasteiger partial charge on any atom is 0.262 e. The summed E-state index contributed by atoms with van der Waals surface area (Å²) >= 11 is 0. The molecule has 1 aliphatic rings. The highest BCUT2D eigenvalue weighted by atomic mass is 32.2. The molecule has 0 spiro atoms. The van der Waals surface area contributed by atoms with Gasteiger partial charge in [-0.1, -0.05) is 36.5 Å². The Labute approximate surface area is 184 Å². The van der Waals surface area contributed by atoms with Crippen molar-refractivity contribution >= 4 is 39.3 Å². The van der Waals surface area contributed by atoms with E-state index in [4.69, 9.17) is 0 Å². The van der Waals surface area contributed by atoms with Crippen LogP contribution < -0.4 is 5.32 Å². The number of carbonyl (C=O) groups excluding carboxylic acids is 3. The molecule has 0 aliphatic carbocycles. The Morgan fingerprint density at radius 1 is 0.938 bits per heavy atom. The van der Waals surface area contributed by atoms with E-state index in [0.717, 1.165) is 4.90 Å². The number of nitrogens with one attached hydrogen (secondary N) is 1. The lowest BCUT2D eigenvalue weighted by Crippen LogP contribution is -2.45. The molecule has 1 N–H and O–H groups in total. The molecule has 3 aromatic rings. The van der Waals surface area contributed by atoms with Gasteiger partial charge < -0.3 is 15.0 Å². The van der Waals surface area contributed by atoms with Crippen molar-refractivity contribution in [2.24, 2.45) is 0 Å². The second kappa shape index (κ2) is 8.23. The van der Waals surface area contributed by atoms with Crippen LogP contribution in [-0.4, -0.2) is 42.1 Å². The number of sulfonamides is 1. The smallest absolute Gasteiger partial charge is 0.262 e. The second-order valence-corrected chi connectivity index (χ2v) is 8.57. The minimum atomic E-state index is -3.98. The van der Waals surface area contributed by atoms with Gasteiger partial charge in [0.15, 0.2) is 0 Å². The first-order chi connectivity index (χ1) is 15.3. The van der Waals surface area contributed by atoms with Crippen LogP contribution in [0.15, 0.2) is 77.8 Å². The molecular weight excluding hydrogens is 432 g/mol. The largest absolute Gasteiger partial charge is 0.442 e. The summed E-state index contributed by atoms with van der Waals surface area (Å²) in [4.78, 5) is 42.5. The molecule has 2 aromatic carbocycles. The third kappa shape index (κ3) is 3.95. The van der Waals surface area contributed by atoms with Crippen LogP contribution in [0, 0.1) is 0 Å². The van der Waals surface area contributed by atoms with E-state index in [9.17, 15) is 22.8 Å². The molecule has 0 bridgehead atoms. The fourth-order valence-electron chi connectivity index (χ4n) is 3.22. The van der Waals surface area contributed by atoms with Crippen LogP contribution in [0.5, 0.6) is 0 Å². The first-order valence-corrected chi connectivity index (χ1v) is 11.0. The standard InChI is InChI=1S/C22H18N4O5S/c1-14(26-21(28)17-6-2-3-7-18(17)22(26)29)20(27)24-15-9-11-16(12-10-15)32(30,31)25-19-8-4-5-13-23-19/h2-14H,1H3,(H2,23,24,25,27)/p-1. The maximum atomic E-state index is 12.7. The van der Waals surface area contributed by atoms with Crippen LogP contribution in [-0.2, 0) is 14.8 Å². The van der Waals surface area contributed by atoms with Gasteiger partial charge in [0.1, 0.15) is 6.04 Å². The summed E-state index contributed by atoms with van der Waals surface area (Å²) in [6, 6.07) is 15.4. The van der Waals surface area contributed by atoms with Crippen molar-refractivity contribution in [2.75, 3.05) is 5.32 Å². The minimum Gasteiger partial charge on any atom is -0.442 e. The van der Waals surface area contributed by atoms with Crippen molar-refractivity contribution in [1.29, 1.82) is 0 Å². The Morgan fingerprint density at radius 2 is 1.53 bits per heavy atom. The zero-order valence-corrected chi connectivity index (χ0v) is 17.6. The molecule has 0 saturated heterocycles. The number of anilines is 1. The van der Waals surface area contributed by atoms with Crippen LogP contribution in [0.4, 0.5) is 11.5 Å². The zero-order valence-electron chi connectivity index (χ0n) is 16.8. The average molecular weight is 449 g/mol. The molecule has 0 radical (unpaired) electrons. The average Bonchev–Trinajstić information content (AvgIpc) is 3.04. The van der Waals surface area contributed by atoms with Gasteiger partial charge in [0.2, 0.25) is 15.9 Å². The van der Waals surface area contributed by atoms with E-state index < -0.39 is 33.8 Å². The molecule has 32 heavy (non-hydrogen) atoms. The molecule has 1 aliphatic heterocycles. The van der Waals surface area contributed by atoms with Crippen LogP contribution in [0.1, 0.15) is 27.6 Å². The summed E-state index contributed by atoms with van der Waals surface area (Å²) in [7, 11) is -3.98. The number of carbonyl (C=O) groups is 3. The van der Waals surface area contributed by atoms with Crippen molar-refractivity contribution in [2.45, 2.75) is 17.9 Å². The lowest BCUT2D eigenvalue weighted by molar-refractivity contribution is -0.119. The van der Waals surface area contributed by atoms with Crippen LogP contribution in [0.3, 0.4) is 0 Å². The van der Waals surface area contributed by atoms with Gasteiger partial charge >= 0.3 is 0 Å². The van der Waals surface area contributed by atoms with Gasteiger partial charge in [0.05, 0.1) is 16.0 Å². The first kappa shape index (κ1) is 21.2. The molecule has 1 atom stereocenters. The number of hydrogen-bond donors (Lipinski definition) is 1. The number of rotatable bonds is 6. The molecule has 0 saturated carbocycles. The van der Waals surface area contributed by atoms with E-state index in [1.54, 1.807) is 24.3 Å². The molecule has 10 heteroatoms. The predicted octanol–water partition coefficient (Wildman–Crippen LogP) is 3.10. The molecule has 1 unspecified atom stereocenters. The molecule has 3 amide bonds. The summed E-state index contributed by atoms with van der Waals surface area (Å²) in [5.41, 5.74) is 0.807. The highest BCUT2D eigenvalue weighted by molar-refractivity contribution is 7.94. The normalized spacial score (nSPS) is 14.1. The van der Waals surface area contributed by atoms with Crippen LogP contribution >= 0.6 is 0 Å². The Balaban J connectivity index is 1.45. The third-order valence-corrected chi connectivity index (χ3v) is 6.17. The van der Waals surface area contributed by atoms with Gasteiger partial charge in [-0.05, 0) is 49.1 Å². The van der Waals surface area contributed by atoms with Gasteiger partial charge in [0.25, 0.3) is 11.8 Å². The van der Waals surface area contributed by atoms with E-state index >= 15 is 0 Å². The van der Waals surface area contributed by atoms with Crippen molar-refractivity contribution in [3.63, 3.8) is 0 Å². The van der Waals surface area contributed by atoms with Gasteiger partial charge in [-0.25, -0.2) is 8.42 Å². The fourth-order valence-corrected chi connectivity index (χ4v) is 4.16. The lowest BCUT2D eigenvalue weighted by Gasteiger charge is -2.21. The van der Waals surface area contributed by atoms with Gasteiger partial charge in [0, 0.05) is 5.69 Å². The predicted molar refractivity (Wildman–Crippen MR) is 116 cm³/mol. The zero-order chi connectivity index (χ0) is 22.9. The summed E-state index contributed by atoms with van der Waals surface area (Å²) < 4.78 is 28.5. The Bertz CT molecular complexity index is 1270. The number of benzene rings is 2. The Kier molecular flexibility index (Phi) is 5.45. The quantitative estimate of drug-likeness (QED) is 0.576. The van der Waals surface area contributed by atoms with Crippen molar-refractivity contribution in [1.82, 2.24) is 9.88 Å². The molecule has 1 aromatic heterocycles. The summed E-state index contributed by atoms with van der Waals surface area (Å²) in [5.74, 6) is -1.61. The number of nitrogens with zero attached hydrogens (tertiary/aromatic N) is 3. The van der Waals surface area contributed by atoms with Crippen molar-refractivity contribution < 1.29 is 22.8 Å². The van der Waals surface area contributed by atoms with E-state index in [1.807, 2.05) is 0 Å². The fraction of sp³-hybridized carbons (Fsp3) is 0.0909. The number of hydrogen-bond acceptors (Lipinski definition) is 6.